The molecule has 1 aliphatic rings. The first-order valence-electron chi connectivity index (χ1n) is 6.31. The zero-order valence-electron chi connectivity index (χ0n) is 11.0. The Labute approximate surface area is 113 Å². The van der Waals surface area contributed by atoms with Crippen LogP contribution in [0.25, 0.3) is 0 Å². The molecular formula is C14H21NO2S. The van der Waals surface area contributed by atoms with Gasteiger partial charge in [-0.1, -0.05) is 18.6 Å². The average Bonchev–Trinajstić information content (AvgIpc) is 2.34. The molecule has 0 saturated heterocycles. The maximum atomic E-state index is 9.98. The van der Waals surface area contributed by atoms with E-state index >= 15 is 0 Å². The van der Waals surface area contributed by atoms with E-state index in [0.29, 0.717) is 17.0 Å². The first-order valence-corrected chi connectivity index (χ1v) is 7.54. The van der Waals surface area contributed by atoms with E-state index in [1.807, 2.05) is 23.9 Å². The maximum absolute atomic E-state index is 9.98. The van der Waals surface area contributed by atoms with Gasteiger partial charge in [-0.15, -0.1) is 0 Å². The Kier molecular flexibility index (Phi) is 4.40. The van der Waals surface area contributed by atoms with Crippen molar-refractivity contribution in [1.29, 1.82) is 0 Å². The minimum Gasteiger partial charge on any atom is -0.504 e. The fourth-order valence-corrected chi connectivity index (χ4v) is 3.27. The molecule has 0 atom stereocenters. The Morgan fingerprint density at radius 3 is 2.78 bits per heavy atom. The lowest BCUT2D eigenvalue weighted by atomic mass is 9.84. The predicted molar refractivity (Wildman–Crippen MR) is 76.5 cm³/mol. The number of thioether (sulfide) groups is 1. The molecule has 0 radical (unpaired) electrons. The van der Waals surface area contributed by atoms with Gasteiger partial charge in [-0.25, -0.2) is 0 Å². The molecule has 1 aliphatic carbocycles. The molecule has 1 saturated carbocycles. The predicted octanol–water partition coefficient (Wildman–Crippen LogP) is 2.78. The zero-order chi connectivity index (χ0) is 13.0. The summed E-state index contributed by atoms with van der Waals surface area (Å²) in [5.41, 5.74) is 0.893. The summed E-state index contributed by atoms with van der Waals surface area (Å²) in [6.07, 6.45) is 6.12. The summed E-state index contributed by atoms with van der Waals surface area (Å²) in [4.78, 5) is 0. The van der Waals surface area contributed by atoms with E-state index in [4.69, 9.17) is 4.74 Å². The molecule has 0 aromatic heterocycles. The lowest BCUT2D eigenvalue weighted by Gasteiger charge is -2.40. The molecule has 3 nitrogen and oxygen atoms in total. The Bertz CT molecular complexity index is 399. The van der Waals surface area contributed by atoms with Crippen molar-refractivity contribution in [2.45, 2.75) is 30.6 Å². The molecule has 0 heterocycles. The van der Waals surface area contributed by atoms with Crippen LogP contribution < -0.4 is 10.1 Å². The van der Waals surface area contributed by atoms with Crippen LogP contribution in [0.1, 0.15) is 24.8 Å². The van der Waals surface area contributed by atoms with E-state index in [2.05, 4.69) is 11.6 Å². The highest BCUT2D eigenvalue weighted by Gasteiger charge is 2.35. The van der Waals surface area contributed by atoms with Gasteiger partial charge >= 0.3 is 0 Å². The van der Waals surface area contributed by atoms with Gasteiger partial charge in [0.1, 0.15) is 0 Å². The van der Waals surface area contributed by atoms with Gasteiger partial charge in [0.05, 0.1) is 7.11 Å². The summed E-state index contributed by atoms with van der Waals surface area (Å²) in [5.74, 6) is 0.789. The summed E-state index contributed by atoms with van der Waals surface area (Å²) in [7, 11) is 1.57. The molecule has 2 N–H and O–H groups in total. The molecule has 100 valence electrons. The van der Waals surface area contributed by atoms with E-state index in [1.54, 1.807) is 13.2 Å². The molecule has 0 aliphatic heterocycles. The average molecular weight is 267 g/mol. The van der Waals surface area contributed by atoms with Crippen LogP contribution in [0.4, 0.5) is 0 Å². The minimum atomic E-state index is 0.249. The standard InChI is InChI=1S/C14H21NO2S/c1-17-12-6-3-5-11(13(12)16)9-15-10-14(18-2)7-4-8-14/h3,5-6,15-16H,4,7-10H2,1-2H3. The molecule has 1 aromatic carbocycles. The van der Waals surface area contributed by atoms with Crippen molar-refractivity contribution < 1.29 is 9.84 Å². The van der Waals surface area contributed by atoms with E-state index in [0.717, 1.165) is 12.1 Å². The van der Waals surface area contributed by atoms with Gasteiger partial charge in [0.2, 0.25) is 0 Å². The summed E-state index contributed by atoms with van der Waals surface area (Å²) < 4.78 is 5.53. The lowest BCUT2D eigenvalue weighted by molar-refractivity contribution is 0.342. The van der Waals surface area contributed by atoms with Gasteiger partial charge in [-0.05, 0) is 25.2 Å². The molecule has 2 rings (SSSR count). The first-order chi connectivity index (χ1) is 8.71. The number of methoxy groups -OCH3 is 1. The second-order valence-corrected chi connectivity index (χ2v) is 6.09. The summed E-state index contributed by atoms with van der Waals surface area (Å²) >= 11 is 1.96. The Hall–Kier alpha value is -0.870. The van der Waals surface area contributed by atoms with Crippen molar-refractivity contribution in [2.24, 2.45) is 0 Å². The van der Waals surface area contributed by atoms with Crippen LogP contribution in [0.15, 0.2) is 18.2 Å². The fourth-order valence-electron chi connectivity index (χ4n) is 2.32. The van der Waals surface area contributed by atoms with Crippen LogP contribution in [0, 0.1) is 0 Å². The second-order valence-electron chi connectivity index (χ2n) is 4.81. The number of hydrogen-bond acceptors (Lipinski definition) is 4. The number of benzene rings is 1. The number of aromatic hydroxyl groups is 1. The number of nitrogens with one attached hydrogen (secondary N) is 1. The molecule has 1 fully saturated rings. The van der Waals surface area contributed by atoms with Crippen LogP contribution in [0.5, 0.6) is 11.5 Å². The topological polar surface area (TPSA) is 41.5 Å². The number of para-hydroxylation sites is 1. The third-order valence-corrected chi connectivity index (χ3v) is 5.18. The van der Waals surface area contributed by atoms with Crippen molar-refractivity contribution in [3.63, 3.8) is 0 Å². The van der Waals surface area contributed by atoms with Crippen molar-refractivity contribution in [1.82, 2.24) is 5.32 Å². The highest BCUT2D eigenvalue weighted by atomic mass is 32.2. The Morgan fingerprint density at radius 2 is 2.22 bits per heavy atom. The Morgan fingerprint density at radius 1 is 1.44 bits per heavy atom. The van der Waals surface area contributed by atoms with Crippen LogP contribution in [0.3, 0.4) is 0 Å². The van der Waals surface area contributed by atoms with Crippen molar-refractivity contribution in [3.05, 3.63) is 23.8 Å². The highest BCUT2D eigenvalue weighted by molar-refractivity contribution is 8.00. The molecule has 0 unspecified atom stereocenters. The number of phenolic OH excluding ortho intramolecular Hbond substituents is 1. The van der Waals surface area contributed by atoms with Gasteiger partial charge in [0.25, 0.3) is 0 Å². The normalized spacial score (nSPS) is 17.2. The number of ether oxygens (including phenoxy) is 1. The maximum Gasteiger partial charge on any atom is 0.162 e. The summed E-state index contributed by atoms with van der Waals surface area (Å²) in [6, 6.07) is 5.61. The Balaban J connectivity index is 1.90. The number of hydrogen-bond donors (Lipinski definition) is 2. The van der Waals surface area contributed by atoms with E-state index in [-0.39, 0.29) is 5.75 Å². The van der Waals surface area contributed by atoms with Crippen molar-refractivity contribution in [2.75, 3.05) is 19.9 Å². The first kappa shape index (κ1) is 13.6. The second kappa shape index (κ2) is 5.85. The smallest absolute Gasteiger partial charge is 0.162 e. The largest absolute Gasteiger partial charge is 0.504 e. The van der Waals surface area contributed by atoms with Crippen LogP contribution >= 0.6 is 11.8 Å². The van der Waals surface area contributed by atoms with Gasteiger partial charge < -0.3 is 15.2 Å². The molecule has 0 amide bonds. The molecule has 18 heavy (non-hydrogen) atoms. The summed E-state index contributed by atoms with van der Waals surface area (Å²) in [5, 5.41) is 13.4. The number of rotatable bonds is 6. The molecule has 1 aromatic rings. The highest BCUT2D eigenvalue weighted by Crippen LogP contribution is 2.42. The SMILES string of the molecule is COc1cccc(CNCC2(SC)CCC2)c1O. The van der Waals surface area contributed by atoms with E-state index in [1.165, 1.54) is 19.3 Å². The van der Waals surface area contributed by atoms with Gasteiger partial charge in [0.15, 0.2) is 11.5 Å². The quantitative estimate of drug-likeness (QED) is 0.831. The van der Waals surface area contributed by atoms with Crippen LogP contribution in [0.2, 0.25) is 0 Å². The molecule has 0 spiro atoms. The van der Waals surface area contributed by atoms with Gasteiger partial charge in [0, 0.05) is 23.4 Å². The third kappa shape index (κ3) is 2.75. The van der Waals surface area contributed by atoms with E-state index < -0.39 is 0 Å². The van der Waals surface area contributed by atoms with Gasteiger partial charge in [-0.2, -0.15) is 11.8 Å². The zero-order valence-corrected chi connectivity index (χ0v) is 11.8. The number of phenols is 1. The van der Waals surface area contributed by atoms with Crippen LogP contribution in [-0.2, 0) is 6.54 Å². The van der Waals surface area contributed by atoms with Crippen LogP contribution in [-0.4, -0.2) is 29.8 Å². The van der Waals surface area contributed by atoms with Gasteiger partial charge in [-0.3, -0.25) is 0 Å². The fraction of sp³-hybridized carbons (Fsp3) is 0.571. The molecule has 0 bridgehead atoms. The van der Waals surface area contributed by atoms with E-state index in [9.17, 15) is 5.11 Å². The summed E-state index contributed by atoms with van der Waals surface area (Å²) in [6.45, 7) is 1.69. The van der Waals surface area contributed by atoms with Crippen molar-refractivity contribution >= 4 is 11.8 Å². The molecule has 4 heteroatoms. The lowest BCUT2D eigenvalue weighted by Crippen LogP contribution is -2.43. The van der Waals surface area contributed by atoms with Crippen molar-refractivity contribution in [3.8, 4) is 11.5 Å². The third-order valence-electron chi connectivity index (χ3n) is 3.76. The molecular weight excluding hydrogens is 246 g/mol. The minimum absolute atomic E-state index is 0.249. The monoisotopic (exact) mass is 267 g/mol.